The minimum Gasteiger partial charge on any atom is -0.395 e. The average molecular weight is 259 g/mol. The number of hydrogen-bond acceptors (Lipinski definition) is 4. The zero-order valence-electron chi connectivity index (χ0n) is 10.7. The van der Waals surface area contributed by atoms with Crippen molar-refractivity contribution in [3.05, 3.63) is 29.6 Å². The highest BCUT2D eigenvalue weighted by atomic mass is 16.3. The second kappa shape index (κ2) is 6.32. The predicted octanol–water partition coefficient (Wildman–Crippen LogP) is -0.0113. The third kappa shape index (κ3) is 3.31. The number of aliphatic hydroxyl groups excluding tert-OH is 1. The van der Waals surface area contributed by atoms with Gasteiger partial charge in [-0.05, 0) is 18.9 Å². The number of rotatable bonds is 4. The van der Waals surface area contributed by atoms with E-state index in [1.165, 1.54) is 0 Å². The minimum atomic E-state index is -0.0970. The fourth-order valence-electron chi connectivity index (χ4n) is 1.93. The summed E-state index contributed by atoms with van der Waals surface area (Å²) in [6, 6.07) is 1.92. The Morgan fingerprint density at radius 1 is 1.58 bits per heavy atom. The van der Waals surface area contributed by atoms with E-state index in [-0.39, 0.29) is 25.1 Å². The molecule has 0 spiro atoms. The van der Waals surface area contributed by atoms with Crippen molar-refractivity contribution >= 4 is 5.91 Å². The lowest BCUT2D eigenvalue weighted by atomic mass is 10.1. The van der Waals surface area contributed by atoms with E-state index in [0.717, 1.165) is 12.8 Å². The van der Waals surface area contributed by atoms with Crippen LogP contribution in [0.25, 0.3) is 0 Å². The van der Waals surface area contributed by atoms with Gasteiger partial charge in [-0.25, -0.2) is 0 Å². The van der Waals surface area contributed by atoms with Gasteiger partial charge in [-0.2, -0.15) is 0 Å². The smallest absolute Gasteiger partial charge is 0.255 e. The molecule has 2 rings (SSSR count). The number of nitrogens with two attached hydrogens (primary N) is 1. The highest BCUT2D eigenvalue weighted by Crippen LogP contribution is 2.28. The van der Waals surface area contributed by atoms with Crippen molar-refractivity contribution in [1.82, 2.24) is 9.88 Å². The highest BCUT2D eigenvalue weighted by Gasteiger charge is 2.33. The molecule has 0 saturated heterocycles. The van der Waals surface area contributed by atoms with Gasteiger partial charge in [0, 0.05) is 25.0 Å². The van der Waals surface area contributed by atoms with E-state index in [9.17, 15) is 4.79 Å². The molecule has 0 aromatic carbocycles. The van der Waals surface area contributed by atoms with Gasteiger partial charge in [-0.15, -0.1) is 0 Å². The van der Waals surface area contributed by atoms with Crippen LogP contribution >= 0.6 is 0 Å². The summed E-state index contributed by atoms with van der Waals surface area (Å²) in [5.74, 6) is 5.50. The van der Waals surface area contributed by atoms with E-state index in [1.807, 2.05) is 0 Å². The van der Waals surface area contributed by atoms with Crippen molar-refractivity contribution in [2.45, 2.75) is 18.9 Å². The van der Waals surface area contributed by atoms with E-state index in [1.54, 1.807) is 23.4 Å². The lowest BCUT2D eigenvalue weighted by molar-refractivity contribution is 0.0707. The largest absolute Gasteiger partial charge is 0.395 e. The van der Waals surface area contributed by atoms with Crippen LogP contribution in [0, 0.1) is 11.8 Å². The van der Waals surface area contributed by atoms with E-state index in [0.29, 0.717) is 17.7 Å². The van der Waals surface area contributed by atoms with Gasteiger partial charge >= 0.3 is 0 Å². The summed E-state index contributed by atoms with van der Waals surface area (Å²) in [4.78, 5) is 18.2. The number of aliphatic hydroxyl groups is 1. The molecular formula is C14H17N3O2. The van der Waals surface area contributed by atoms with Crippen molar-refractivity contribution in [2.75, 3.05) is 19.7 Å². The van der Waals surface area contributed by atoms with Crippen LogP contribution in [0.5, 0.6) is 0 Å². The predicted molar refractivity (Wildman–Crippen MR) is 71.3 cm³/mol. The Labute approximate surface area is 112 Å². The first-order valence-electron chi connectivity index (χ1n) is 6.32. The number of nitrogens with zero attached hydrogens (tertiary/aromatic N) is 2. The fraction of sp³-hybridized carbons (Fsp3) is 0.429. The third-order valence-electron chi connectivity index (χ3n) is 2.97. The van der Waals surface area contributed by atoms with Gasteiger partial charge in [0.1, 0.15) is 0 Å². The molecule has 5 heteroatoms. The first-order chi connectivity index (χ1) is 9.27. The Bertz CT molecular complexity index is 515. The fourth-order valence-corrected chi connectivity index (χ4v) is 1.93. The number of carbonyl (C=O) groups is 1. The van der Waals surface area contributed by atoms with Crippen LogP contribution < -0.4 is 5.73 Å². The Hall–Kier alpha value is -1.90. The first kappa shape index (κ1) is 13.5. The van der Waals surface area contributed by atoms with Crippen LogP contribution in [-0.4, -0.2) is 46.6 Å². The molecule has 1 aromatic heterocycles. The molecule has 0 radical (unpaired) electrons. The van der Waals surface area contributed by atoms with E-state index in [4.69, 9.17) is 10.8 Å². The van der Waals surface area contributed by atoms with Crippen molar-refractivity contribution in [2.24, 2.45) is 5.73 Å². The molecule has 0 atom stereocenters. The Morgan fingerprint density at radius 3 is 3.00 bits per heavy atom. The van der Waals surface area contributed by atoms with Crippen LogP contribution in [0.1, 0.15) is 28.8 Å². The highest BCUT2D eigenvalue weighted by molar-refractivity contribution is 5.97. The average Bonchev–Trinajstić information content (AvgIpc) is 3.26. The van der Waals surface area contributed by atoms with Crippen molar-refractivity contribution in [3.8, 4) is 11.8 Å². The molecule has 1 heterocycles. The van der Waals surface area contributed by atoms with Crippen molar-refractivity contribution in [3.63, 3.8) is 0 Å². The number of hydrogen-bond donors (Lipinski definition) is 2. The SMILES string of the molecule is NCC#Cc1cnccc1C(=O)N(CCO)C1CC1. The molecule has 0 aliphatic heterocycles. The second-order valence-corrected chi connectivity index (χ2v) is 4.38. The molecule has 3 N–H and O–H groups in total. The Morgan fingerprint density at radius 2 is 2.37 bits per heavy atom. The van der Waals surface area contributed by atoms with Gasteiger partial charge < -0.3 is 15.7 Å². The number of amides is 1. The second-order valence-electron chi connectivity index (χ2n) is 4.38. The molecular weight excluding hydrogens is 242 g/mol. The van der Waals surface area contributed by atoms with E-state index < -0.39 is 0 Å². The molecule has 19 heavy (non-hydrogen) atoms. The molecule has 1 saturated carbocycles. The van der Waals surface area contributed by atoms with Gasteiger partial charge in [-0.3, -0.25) is 9.78 Å². The number of carbonyl (C=O) groups excluding carboxylic acids is 1. The topological polar surface area (TPSA) is 79.5 Å². The minimum absolute atomic E-state index is 0.0306. The Kier molecular flexibility index (Phi) is 4.50. The normalized spacial score (nSPS) is 13.6. The molecule has 1 amide bonds. The summed E-state index contributed by atoms with van der Waals surface area (Å²) in [6.07, 6.45) is 5.14. The Balaban J connectivity index is 2.26. The number of aromatic nitrogens is 1. The summed E-state index contributed by atoms with van der Waals surface area (Å²) in [5, 5.41) is 9.07. The quantitative estimate of drug-likeness (QED) is 0.745. The van der Waals surface area contributed by atoms with Crippen LogP contribution in [-0.2, 0) is 0 Å². The van der Waals surface area contributed by atoms with Gasteiger partial charge in [0.2, 0.25) is 0 Å². The van der Waals surface area contributed by atoms with Gasteiger partial charge in [-0.1, -0.05) is 11.8 Å². The molecule has 100 valence electrons. The van der Waals surface area contributed by atoms with Crippen LogP contribution in [0.2, 0.25) is 0 Å². The maximum Gasteiger partial charge on any atom is 0.255 e. The maximum absolute atomic E-state index is 12.5. The zero-order valence-corrected chi connectivity index (χ0v) is 10.7. The standard InChI is InChI=1S/C14H17N3O2/c15-6-1-2-11-10-16-7-5-13(11)14(19)17(8-9-18)12-3-4-12/h5,7,10,12,18H,3-4,6,8-9,15H2. The third-order valence-corrected chi connectivity index (χ3v) is 2.97. The van der Waals surface area contributed by atoms with Gasteiger partial charge in [0.25, 0.3) is 5.91 Å². The van der Waals surface area contributed by atoms with Crippen molar-refractivity contribution in [1.29, 1.82) is 0 Å². The monoisotopic (exact) mass is 259 g/mol. The molecule has 1 aromatic rings. The summed E-state index contributed by atoms with van der Waals surface area (Å²) in [5.41, 5.74) is 6.45. The molecule has 0 bridgehead atoms. The molecule has 5 nitrogen and oxygen atoms in total. The maximum atomic E-state index is 12.5. The molecule has 1 aliphatic carbocycles. The van der Waals surface area contributed by atoms with E-state index >= 15 is 0 Å². The van der Waals surface area contributed by atoms with Crippen LogP contribution in [0.3, 0.4) is 0 Å². The molecule has 1 fully saturated rings. The summed E-state index contributed by atoms with van der Waals surface area (Å²) in [7, 11) is 0. The summed E-state index contributed by atoms with van der Waals surface area (Å²) in [6.45, 7) is 0.568. The van der Waals surface area contributed by atoms with Crippen LogP contribution in [0.4, 0.5) is 0 Å². The van der Waals surface area contributed by atoms with Gasteiger partial charge in [0.05, 0.1) is 24.3 Å². The van der Waals surface area contributed by atoms with E-state index in [2.05, 4.69) is 16.8 Å². The zero-order chi connectivity index (χ0) is 13.7. The van der Waals surface area contributed by atoms with Crippen LogP contribution in [0.15, 0.2) is 18.5 Å². The summed E-state index contributed by atoms with van der Waals surface area (Å²) < 4.78 is 0. The summed E-state index contributed by atoms with van der Waals surface area (Å²) >= 11 is 0. The lowest BCUT2D eigenvalue weighted by Gasteiger charge is -2.21. The molecule has 1 aliphatic rings. The van der Waals surface area contributed by atoms with Crippen molar-refractivity contribution < 1.29 is 9.90 Å². The first-order valence-corrected chi connectivity index (χ1v) is 6.32. The number of pyridine rings is 1. The molecule has 0 unspecified atom stereocenters. The van der Waals surface area contributed by atoms with Gasteiger partial charge in [0.15, 0.2) is 0 Å². The lowest BCUT2D eigenvalue weighted by Crippen LogP contribution is -2.35.